The van der Waals surface area contributed by atoms with Crippen molar-refractivity contribution in [1.29, 1.82) is 0 Å². The summed E-state index contributed by atoms with van der Waals surface area (Å²) in [6.45, 7) is 5.85. The zero-order valence-corrected chi connectivity index (χ0v) is 16.5. The highest BCUT2D eigenvalue weighted by Crippen LogP contribution is 2.28. The van der Waals surface area contributed by atoms with Crippen LogP contribution in [0.25, 0.3) is 0 Å². The van der Waals surface area contributed by atoms with Gasteiger partial charge in [-0.15, -0.1) is 0 Å². The number of rotatable bonds is 8. The summed E-state index contributed by atoms with van der Waals surface area (Å²) < 4.78 is 15.4. The Labute approximate surface area is 162 Å². The topological polar surface area (TPSA) is 82.1 Å². The highest BCUT2D eigenvalue weighted by atomic mass is 32.2. The molecule has 0 bridgehead atoms. The number of carbonyl (C=O) groups excluding carboxylic acids is 3. The molecule has 0 atom stereocenters. The van der Waals surface area contributed by atoms with E-state index in [0.717, 1.165) is 11.1 Å². The van der Waals surface area contributed by atoms with E-state index in [9.17, 15) is 14.4 Å². The fraction of sp³-hybridized carbons (Fsp3) is 0.421. The molecule has 0 N–H and O–H groups in total. The van der Waals surface area contributed by atoms with Gasteiger partial charge in [0.15, 0.2) is 6.61 Å². The van der Waals surface area contributed by atoms with E-state index in [4.69, 9.17) is 14.2 Å². The Bertz CT molecular complexity index is 725. The van der Waals surface area contributed by atoms with Crippen LogP contribution in [0.2, 0.25) is 0 Å². The standard InChI is InChI=1S/C19H23NO6S/c1-4-24-18(22)10-17-20(16(21)12-27-17)5-6-25-19(23)11-26-15-8-13(2)7-14(3)9-15/h7-10H,4-6,11-12H2,1-3H3. The summed E-state index contributed by atoms with van der Waals surface area (Å²) in [4.78, 5) is 36.7. The lowest BCUT2D eigenvalue weighted by Crippen LogP contribution is -2.30. The number of amides is 1. The van der Waals surface area contributed by atoms with Crippen molar-refractivity contribution in [2.24, 2.45) is 0 Å². The van der Waals surface area contributed by atoms with E-state index in [1.165, 1.54) is 22.7 Å². The predicted octanol–water partition coefficient (Wildman–Crippen LogP) is 2.21. The van der Waals surface area contributed by atoms with Gasteiger partial charge >= 0.3 is 11.9 Å². The van der Waals surface area contributed by atoms with Gasteiger partial charge < -0.3 is 19.1 Å². The van der Waals surface area contributed by atoms with E-state index in [-0.39, 0.29) is 38.0 Å². The van der Waals surface area contributed by atoms with Gasteiger partial charge in [-0.25, -0.2) is 9.59 Å². The van der Waals surface area contributed by atoms with E-state index in [1.807, 2.05) is 32.0 Å². The molecule has 0 radical (unpaired) electrons. The second-order valence-corrected chi connectivity index (χ2v) is 6.90. The molecule has 1 fully saturated rings. The molecule has 2 rings (SSSR count). The Morgan fingerprint density at radius 2 is 1.89 bits per heavy atom. The minimum absolute atomic E-state index is 0.0154. The van der Waals surface area contributed by atoms with Crippen LogP contribution in [0, 0.1) is 13.8 Å². The van der Waals surface area contributed by atoms with Crippen LogP contribution in [0.15, 0.2) is 29.3 Å². The van der Waals surface area contributed by atoms with E-state index in [0.29, 0.717) is 10.8 Å². The van der Waals surface area contributed by atoms with Crippen LogP contribution >= 0.6 is 11.8 Å². The van der Waals surface area contributed by atoms with Gasteiger partial charge in [0.2, 0.25) is 5.91 Å². The maximum Gasteiger partial charge on any atom is 0.344 e. The Morgan fingerprint density at radius 3 is 2.56 bits per heavy atom. The monoisotopic (exact) mass is 393 g/mol. The maximum absolute atomic E-state index is 11.9. The van der Waals surface area contributed by atoms with Gasteiger partial charge in [-0.1, -0.05) is 17.8 Å². The summed E-state index contributed by atoms with van der Waals surface area (Å²) in [5.74, 6) is -0.314. The SMILES string of the molecule is CCOC(=O)C=C1SCC(=O)N1CCOC(=O)COc1cc(C)cc(C)c1. The smallest absolute Gasteiger partial charge is 0.344 e. The zero-order valence-electron chi connectivity index (χ0n) is 15.6. The van der Waals surface area contributed by atoms with Crippen molar-refractivity contribution in [1.82, 2.24) is 4.90 Å². The Balaban J connectivity index is 1.79. The van der Waals surface area contributed by atoms with Gasteiger partial charge in [0.25, 0.3) is 0 Å². The van der Waals surface area contributed by atoms with Gasteiger partial charge in [-0.3, -0.25) is 4.79 Å². The third-order valence-corrected chi connectivity index (χ3v) is 4.59. The number of hydrogen-bond donors (Lipinski definition) is 0. The summed E-state index contributed by atoms with van der Waals surface area (Å²) in [7, 11) is 0. The van der Waals surface area contributed by atoms with Crippen molar-refractivity contribution in [2.75, 3.05) is 32.1 Å². The van der Waals surface area contributed by atoms with Crippen LogP contribution in [0.5, 0.6) is 5.75 Å². The number of hydrogen-bond acceptors (Lipinski definition) is 7. The van der Waals surface area contributed by atoms with E-state index >= 15 is 0 Å². The lowest BCUT2D eigenvalue weighted by molar-refractivity contribution is -0.147. The van der Waals surface area contributed by atoms with E-state index in [1.54, 1.807) is 6.92 Å². The van der Waals surface area contributed by atoms with Crippen molar-refractivity contribution < 1.29 is 28.6 Å². The minimum Gasteiger partial charge on any atom is -0.482 e. The first-order chi connectivity index (χ1) is 12.9. The zero-order chi connectivity index (χ0) is 19.8. The number of esters is 2. The maximum atomic E-state index is 11.9. The van der Waals surface area contributed by atoms with Crippen LogP contribution in [0.1, 0.15) is 18.1 Å². The molecule has 0 saturated carbocycles. The molecule has 146 valence electrons. The number of aryl methyl sites for hydroxylation is 2. The number of nitrogens with zero attached hydrogens (tertiary/aromatic N) is 1. The average Bonchev–Trinajstić information content (AvgIpc) is 2.92. The summed E-state index contributed by atoms with van der Waals surface area (Å²) >= 11 is 1.25. The van der Waals surface area contributed by atoms with Crippen molar-refractivity contribution >= 4 is 29.6 Å². The molecule has 8 heteroatoms. The molecule has 0 aromatic heterocycles. The van der Waals surface area contributed by atoms with Crippen molar-refractivity contribution in [3.8, 4) is 5.75 Å². The quantitative estimate of drug-likeness (QED) is 0.495. The third kappa shape index (κ3) is 6.63. The lowest BCUT2D eigenvalue weighted by atomic mass is 10.1. The second-order valence-electron chi connectivity index (χ2n) is 5.90. The molecule has 1 aliphatic heterocycles. The van der Waals surface area contributed by atoms with Gasteiger partial charge in [-0.2, -0.15) is 0 Å². The summed E-state index contributed by atoms with van der Waals surface area (Å²) in [5, 5.41) is 0.501. The largest absolute Gasteiger partial charge is 0.482 e. The van der Waals surface area contributed by atoms with Crippen molar-refractivity contribution in [3.05, 3.63) is 40.4 Å². The molecule has 7 nitrogen and oxygen atoms in total. The molecule has 0 unspecified atom stereocenters. The van der Waals surface area contributed by atoms with Crippen LogP contribution in [0.3, 0.4) is 0 Å². The molecule has 0 aliphatic carbocycles. The number of carbonyl (C=O) groups is 3. The average molecular weight is 393 g/mol. The molecular formula is C19H23NO6S. The molecule has 0 spiro atoms. The van der Waals surface area contributed by atoms with Crippen LogP contribution in [-0.4, -0.2) is 54.9 Å². The predicted molar refractivity (Wildman–Crippen MR) is 101 cm³/mol. The molecule has 1 amide bonds. The van der Waals surface area contributed by atoms with Gasteiger partial charge in [0.1, 0.15) is 12.4 Å². The number of benzene rings is 1. The summed E-state index contributed by atoms with van der Waals surface area (Å²) in [5.41, 5.74) is 2.09. The number of thioether (sulfide) groups is 1. The molecular weight excluding hydrogens is 370 g/mol. The molecule has 1 aliphatic rings. The fourth-order valence-electron chi connectivity index (χ4n) is 2.50. The van der Waals surface area contributed by atoms with Gasteiger partial charge in [0, 0.05) is 0 Å². The van der Waals surface area contributed by atoms with Crippen LogP contribution in [-0.2, 0) is 23.9 Å². The molecule has 1 heterocycles. The summed E-state index contributed by atoms with van der Waals surface area (Å²) in [6.07, 6.45) is 1.28. The Hall–Kier alpha value is -2.48. The van der Waals surface area contributed by atoms with Crippen molar-refractivity contribution in [2.45, 2.75) is 20.8 Å². The highest BCUT2D eigenvalue weighted by Gasteiger charge is 2.27. The second kappa shape index (κ2) is 10.0. The van der Waals surface area contributed by atoms with E-state index in [2.05, 4.69) is 0 Å². The fourth-order valence-corrected chi connectivity index (χ4v) is 3.46. The highest BCUT2D eigenvalue weighted by molar-refractivity contribution is 8.04. The third-order valence-electron chi connectivity index (χ3n) is 3.57. The summed E-state index contributed by atoms with van der Waals surface area (Å²) in [6, 6.07) is 5.69. The van der Waals surface area contributed by atoms with Gasteiger partial charge in [-0.05, 0) is 44.0 Å². The van der Waals surface area contributed by atoms with Crippen LogP contribution in [0.4, 0.5) is 0 Å². The van der Waals surface area contributed by atoms with E-state index < -0.39 is 11.9 Å². The molecule has 1 aromatic rings. The first-order valence-electron chi connectivity index (χ1n) is 8.57. The molecule has 27 heavy (non-hydrogen) atoms. The molecule has 1 saturated heterocycles. The van der Waals surface area contributed by atoms with Gasteiger partial charge in [0.05, 0.1) is 30.0 Å². The first kappa shape index (κ1) is 20.8. The van der Waals surface area contributed by atoms with Crippen LogP contribution < -0.4 is 4.74 Å². The molecule has 1 aromatic carbocycles. The Morgan fingerprint density at radius 1 is 1.19 bits per heavy atom. The minimum atomic E-state index is -0.524. The number of ether oxygens (including phenoxy) is 3. The van der Waals surface area contributed by atoms with Crippen molar-refractivity contribution in [3.63, 3.8) is 0 Å². The normalized spacial score (nSPS) is 15.1. The lowest BCUT2D eigenvalue weighted by Gasteiger charge is -2.17. The first-order valence-corrected chi connectivity index (χ1v) is 9.56. The Kier molecular flexibility index (Phi) is 7.72.